The minimum Gasteiger partial charge on any atom is -0.379 e. The van der Waals surface area contributed by atoms with E-state index in [-0.39, 0.29) is 11.6 Å². The zero-order valence-electron chi connectivity index (χ0n) is 9.50. The maximum atomic E-state index is 13.6. The van der Waals surface area contributed by atoms with Crippen molar-refractivity contribution in [3.63, 3.8) is 0 Å². The van der Waals surface area contributed by atoms with Crippen LogP contribution in [0.5, 0.6) is 0 Å². The summed E-state index contributed by atoms with van der Waals surface area (Å²) in [6, 6.07) is 11.3. The maximum Gasteiger partial charge on any atom is 0.149 e. The highest BCUT2D eigenvalue weighted by molar-refractivity contribution is 5.47. The molecule has 0 aromatic heterocycles. The molecule has 0 radical (unpaired) electrons. The van der Waals surface area contributed by atoms with Crippen LogP contribution in [-0.4, -0.2) is 0 Å². The van der Waals surface area contributed by atoms with Crippen molar-refractivity contribution in [3.8, 4) is 0 Å². The van der Waals surface area contributed by atoms with Crippen LogP contribution in [0, 0.1) is 18.6 Å². The van der Waals surface area contributed by atoms with Crippen LogP contribution in [0.25, 0.3) is 0 Å². The van der Waals surface area contributed by atoms with Crippen LogP contribution < -0.4 is 5.32 Å². The largest absolute Gasteiger partial charge is 0.379 e. The van der Waals surface area contributed by atoms with Crippen LogP contribution in [0.2, 0.25) is 0 Å². The van der Waals surface area contributed by atoms with Gasteiger partial charge in [-0.05, 0) is 36.2 Å². The second-order valence-corrected chi connectivity index (χ2v) is 3.92. The molecular formula is C14H13F2N. The van der Waals surface area contributed by atoms with Gasteiger partial charge in [0.15, 0.2) is 0 Å². The van der Waals surface area contributed by atoms with E-state index in [4.69, 9.17) is 0 Å². The van der Waals surface area contributed by atoms with Crippen LogP contribution in [0.4, 0.5) is 14.5 Å². The Labute approximate surface area is 99.1 Å². The van der Waals surface area contributed by atoms with Crippen LogP contribution >= 0.6 is 0 Å². The lowest BCUT2D eigenvalue weighted by Gasteiger charge is -2.09. The first kappa shape index (κ1) is 11.6. The second-order valence-electron chi connectivity index (χ2n) is 3.92. The molecule has 88 valence electrons. The molecule has 1 nitrogen and oxygen atoms in total. The summed E-state index contributed by atoms with van der Waals surface area (Å²) >= 11 is 0. The molecule has 0 heterocycles. The van der Waals surface area contributed by atoms with Gasteiger partial charge in [-0.25, -0.2) is 8.78 Å². The first-order valence-electron chi connectivity index (χ1n) is 5.40. The molecule has 17 heavy (non-hydrogen) atoms. The van der Waals surface area contributed by atoms with Crippen molar-refractivity contribution in [1.29, 1.82) is 0 Å². The van der Waals surface area contributed by atoms with E-state index in [0.29, 0.717) is 17.8 Å². The van der Waals surface area contributed by atoms with Crippen molar-refractivity contribution in [1.82, 2.24) is 0 Å². The summed E-state index contributed by atoms with van der Waals surface area (Å²) in [5.74, 6) is -0.509. The number of anilines is 1. The van der Waals surface area contributed by atoms with E-state index in [1.165, 1.54) is 12.1 Å². The smallest absolute Gasteiger partial charge is 0.149 e. The van der Waals surface area contributed by atoms with Crippen LogP contribution in [0.15, 0.2) is 42.5 Å². The highest BCUT2D eigenvalue weighted by Gasteiger charge is 2.03. The lowest BCUT2D eigenvalue weighted by molar-refractivity contribution is 0.620. The number of hydrogen-bond acceptors (Lipinski definition) is 1. The Hall–Kier alpha value is -1.90. The Morgan fingerprint density at radius 1 is 1.00 bits per heavy atom. The van der Waals surface area contributed by atoms with E-state index in [0.717, 1.165) is 5.56 Å². The fraction of sp³-hybridized carbons (Fsp3) is 0.143. The third-order valence-corrected chi connectivity index (χ3v) is 2.59. The first-order chi connectivity index (χ1) is 8.16. The van der Waals surface area contributed by atoms with Crippen molar-refractivity contribution in [2.24, 2.45) is 0 Å². The summed E-state index contributed by atoms with van der Waals surface area (Å²) in [6.45, 7) is 2.19. The summed E-state index contributed by atoms with van der Waals surface area (Å²) in [6.07, 6.45) is 0. The quantitative estimate of drug-likeness (QED) is 0.848. The van der Waals surface area contributed by atoms with E-state index >= 15 is 0 Å². The van der Waals surface area contributed by atoms with Crippen molar-refractivity contribution in [3.05, 3.63) is 65.2 Å². The van der Waals surface area contributed by atoms with Gasteiger partial charge in [-0.3, -0.25) is 0 Å². The highest BCUT2D eigenvalue weighted by Crippen LogP contribution is 2.17. The van der Waals surface area contributed by atoms with Gasteiger partial charge in [0.05, 0.1) is 5.69 Å². The van der Waals surface area contributed by atoms with Gasteiger partial charge in [-0.2, -0.15) is 0 Å². The Bertz CT molecular complexity index is 506. The van der Waals surface area contributed by atoms with Gasteiger partial charge >= 0.3 is 0 Å². The van der Waals surface area contributed by atoms with Crippen molar-refractivity contribution in [2.45, 2.75) is 13.5 Å². The molecule has 0 spiro atoms. The van der Waals surface area contributed by atoms with Gasteiger partial charge < -0.3 is 5.32 Å². The Kier molecular flexibility index (Phi) is 3.38. The molecular weight excluding hydrogens is 220 g/mol. The average molecular weight is 233 g/mol. The molecule has 0 unspecified atom stereocenters. The van der Waals surface area contributed by atoms with E-state index < -0.39 is 0 Å². The van der Waals surface area contributed by atoms with Gasteiger partial charge in [0.2, 0.25) is 0 Å². The molecule has 0 bridgehead atoms. The fourth-order valence-corrected chi connectivity index (χ4v) is 1.58. The van der Waals surface area contributed by atoms with Crippen LogP contribution in [-0.2, 0) is 6.54 Å². The topological polar surface area (TPSA) is 12.0 Å². The Morgan fingerprint density at radius 3 is 2.41 bits per heavy atom. The third kappa shape index (κ3) is 2.81. The summed E-state index contributed by atoms with van der Waals surface area (Å²) in [7, 11) is 0. The normalized spacial score (nSPS) is 10.3. The monoisotopic (exact) mass is 233 g/mol. The lowest BCUT2D eigenvalue weighted by atomic mass is 10.2. The zero-order valence-corrected chi connectivity index (χ0v) is 9.50. The van der Waals surface area contributed by atoms with Crippen molar-refractivity contribution >= 4 is 5.69 Å². The predicted molar refractivity (Wildman–Crippen MR) is 64.9 cm³/mol. The van der Waals surface area contributed by atoms with E-state index in [1.54, 1.807) is 37.3 Å². The number of aryl methyl sites for hydroxylation is 1. The van der Waals surface area contributed by atoms with Gasteiger partial charge in [-0.15, -0.1) is 0 Å². The summed E-state index contributed by atoms with van der Waals surface area (Å²) in [4.78, 5) is 0. The molecule has 0 aliphatic carbocycles. The molecule has 3 heteroatoms. The molecule has 2 rings (SSSR count). The fourth-order valence-electron chi connectivity index (χ4n) is 1.58. The first-order valence-corrected chi connectivity index (χ1v) is 5.40. The molecule has 0 aliphatic heterocycles. The average Bonchev–Trinajstić information content (AvgIpc) is 2.33. The van der Waals surface area contributed by atoms with Crippen molar-refractivity contribution < 1.29 is 8.78 Å². The van der Waals surface area contributed by atoms with Gasteiger partial charge in [0.1, 0.15) is 11.6 Å². The summed E-state index contributed by atoms with van der Waals surface area (Å²) < 4.78 is 26.3. The van der Waals surface area contributed by atoms with Gasteiger partial charge in [0.25, 0.3) is 0 Å². The minimum atomic E-state index is -0.268. The molecule has 0 amide bonds. The second kappa shape index (κ2) is 4.95. The molecule has 1 N–H and O–H groups in total. The highest BCUT2D eigenvalue weighted by atomic mass is 19.1. The molecule has 0 saturated carbocycles. The number of halogens is 2. The van der Waals surface area contributed by atoms with Gasteiger partial charge in [-0.1, -0.05) is 24.3 Å². The third-order valence-electron chi connectivity index (χ3n) is 2.59. The van der Waals surface area contributed by atoms with E-state index in [2.05, 4.69) is 5.32 Å². The van der Waals surface area contributed by atoms with E-state index in [9.17, 15) is 8.78 Å². The SMILES string of the molecule is Cc1cccc(NCc2ccc(F)cc2)c1F. The van der Waals surface area contributed by atoms with Crippen molar-refractivity contribution in [2.75, 3.05) is 5.32 Å². The molecule has 0 aliphatic rings. The molecule has 2 aromatic carbocycles. The zero-order chi connectivity index (χ0) is 12.3. The Balaban J connectivity index is 2.07. The molecule has 0 saturated heterocycles. The Morgan fingerprint density at radius 2 is 1.71 bits per heavy atom. The number of hydrogen-bond donors (Lipinski definition) is 1. The molecule has 2 aromatic rings. The minimum absolute atomic E-state index is 0.241. The van der Waals surface area contributed by atoms with Crippen LogP contribution in [0.3, 0.4) is 0 Å². The van der Waals surface area contributed by atoms with Crippen LogP contribution in [0.1, 0.15) is 11.1 Å². The maximum absolute atomic E-state index is 13.6. The van der Waals surface area contributed by atoms with E-state index in [1.807, 2.05) is 0 Å². The lowest BCUT2D eigenvalue weighted by Crippen LogP contribution is -2.02. The summed E-state index contributed by atoms with van der Waals surface area (Å²) in [5, 5.41) is 2.99. The summed E-state index contributed by atoms with van der Waals surface area (Å²) in [5.41, 5.74) is 1.98. The number of rotatable bonds is 3. The standard InChI is InChI=1S/C14H13F2N/c1-10-3-2-4-13(14(10)16)17-9-11-5-7-12(15)8-6-11/h2-8,17H,9H2,1H3. The predicted octanol–water partition coefficient (Wildman–Crippen LogP) is 3.89. The number of nitrogens with one attached hydrogen (secondary N) is 1. The molecule has 0 fully saturated rings. The van der Waals surface area contributed by atoms with Gasteiger partial charge in [0, 0.05) is 6.54 Å². The molecule has 0 atom stereocenters. The number of benzene rings is 2.